The highest BCUT2D eigenvalue weighted by molar-refractivity contribution is 7.17. The van der Waals surface area contributed by atoms with Gasteiger partial charge in [0.2, 0.25) is 0 Å². The van der Waals surface area contributed by atoms with Gasteiger partial charge < -0.3 is 25.0 Å². The van der Waals surface area contributed by atoms with Gasteiger partial charge in [-0.2, -0.15) is 0 Å². The molecule has 9 rings (SSSR count). The summed E-state index contributed by atoms with van der Waals surface area (Å²) in [6.45, 7) is 15.8. The highest BCUT2D eigenvalue weighted by Gasteiger charge is 2.47. The van der Waals surface area contributed by atoms with Crippen molar-refractivity contribution in [3.63, 3.8) is 0 Å². The Balaban J connectivity index is 0.762. The van der Waals surface area contributed by atoms with E-state index in [-0.39, 0.29) is 29.8 Å². The number of nitrogens with one attached hydrogen (secondary N) is 2. The number of aliphatic imine (C=N–C) groups is 1. The normalized spacial score (nSPS) is 21.3. The molecule has 3 saturated heterocycles. The lowest BCUT2D eigenvalue weighted by Crippen LogP contribution is -2.48. The maximum Gasteiger partial charge on any atom is 0.319 e. The number of rotatable bonds is 11. The maximum atomic E-state index is 10.6. The molecule has 2 aromatic heterocycles. The van der Waals surface area contributed by atoms with Gasteiger partial charge in [-0.1, -0.05) is 47.9 Å². The van der Waals surface area contributed by atoms with Gasteiger partial charge in [-0.25, -0.2) is 4.57 Å². The number of fused-ring (bicyclic) bond motifs is 1. The third kappa shape index (κ3) is 8.74. The number of thiophene rings is 1. The van der Waals surface area contributed by atoms with Gasteiger partial charge in [-0.15, -0.1) is 16.4 Å². The van der Waals surface area contributed by atoms with Crippen LogP contribution in [0.3, 0.4) is 0 Å². The molecule has 3 atom stereocenters. The van der Waals surface area contributed by atoms with Crippen molar-refractivity contribution in [2.45, 2.75) is 78.3 Å². The van der Waals surface area contributed by atoms with Crippen LogP contribution in [0.15, 0.2) is 65.7 Å². The summed E-state index contributed by atoms with van der Waals surface area (Å²) >= 11 is 7.90. The molecule has 0 spiro atoms. The Morgan fingerprint density at radius 3 is 2.29 bits per heavy atom. The molecule has 63 heavy (non-hydrogen) atoms. The minimum absolute atomic E-state index is 0.0140. The van der Waals surface area contributed by atoms with E-state index in [1.807, 2.05) is 43.3 Å². The van der Waals surface area contributed by atoms with Crippen molar-refractivity contribution in [2.24, 2.45) is 10.9 Å². The summed E-state index contributed by atoms with van der Waals surface area (Å²) in [6, 6.07) is 18.0. The number of anilines is 1. The molecule has 6 heterocycles. The van der Waals surface area contributed by atoms with Gasteiger partial charge in [0.05, 0.1) is 17.0 Å². The predicted molar refractivity (Wildman–Crippen MR) is 249 cm³/mol. The second kappa shape index (κ2) is 17.8. The van der Waals surface area contributed by atoms with Crippen molar-refractivity contribution in [1.29, 1.82) is 10.8 Å². The molecule has 5 aromatic rings. The first kappa shape index (κ1) is 43.1. The smallest absolute Gasteiger partial charge is 0.319 e. The highest BCUT2D eigenvalue weighted by Crippen LogP contribution is 2.42. The van der Waals surface area contributed by atoms with Crippen LogP contribution in [0.25, 0.3) is 17.1 Å². The molecule has 0 aliphatic carbocycles. The second-order valence-electron chi connectivity index (χ2n) is 17.3. The van der Waals surface area contributed by atoms with Crippen LogP contribution in [0.2, 0.25) is 5.02 Å². The number of aromatic nitrogens is 3. The van der Waals surface area contributed by atoms with Crippen molar-refractivity contribution < 1.29 is 20.1 Å². The van der Waals surface area contributed by atoms with E-state index < -0.39 is 6.04 Å². The van der Waals surface area contributed by atoms with E-state index >= 15 is 0 Å². The summed E-state index contributed by atoms with van der Waals surface area (Å²) < 4.78 is 7.84. The van der Waals surface area contributed by atoms with Gasteiger partial charge in [-0.05, 0) is 93.0 Å². The fraction of sp³-hybridized carbons (Fsp3) is 0.426. The highest BCUT2D eigenvalue weighted by atomic mass is 35.5. The fourth-order valence-corrected chi connectivity index (χ4v) is 10.8. The van der Waals surface area contributed by atoms with Crippen molar-refractivity contribution in [2.75, 3.05) is 50.7 Å². The van der Waals surface area contributed by atoms with Crippen LogP contribution in [-0.2, 0) is 17.7 Å². The zero-order valence-corrected chi connectivity index (χ0v) is 37.8. The molecule has 16 heteroatoms. The maximum absolute atomic E-state index is 10.6. The fourth-order valence-electron chi connectivity index (χ4n) is 9.42. The standard InChI is InChI=1S/C47H55ClN10O4S/c1-5-32-22-36(39(60)24-38(32)59)44-52-53-47(61)58(44)35-12-6-30(7-13-35)25-54-18-20-55(21-19-54)26-31-14-16-56(17-15-31)45-40(62-45)23-37-43(50)57(29(4)49)46-41(27(2)28(3)63-46)42(51-37)33-8-10-34(48)11-9-33/h6-13,22,24,31,37,40,45,49-50,59-60H,5,14-21,23,25-26H2,1-4H3,(H,53,61)/t37-,40?,45?/m1/s1. The van der Waals surface area contributed by atoms with Crippen molar-refractivity contribution >= 4 is 45.3 Å². The summed E-state index contributed by atoms with van der Waals surface area (Å²) in [5.41, 5.74) is 6.81. The van der Waals surface area contributed by atoms with Gasteiger partial charge in [0.15, 0.2) is 5.82 Å². The van der Waals surface area contributed by atoms with E-state index in [2.05, 4.69) is 50.9 Å². The van der Waals surface area contributed by atoms with Gasteiger partial charge in [-0.3, -0.25) is 30.5 Å². The van der Waals surface area contributed by atoms with Crippen LogP contribution in [0.1, 0.15) is 65.8 Å². The summed E-state index contributed by atoms with van der Waals surface area (Å²) in [5, 5.41) is 59.1. The lowest BCUT2D eigenvalue weighted by atomic mass is 9.95. The third-order valence-electron chi connectivity index (χ3n) is 13.2. The molecule has 3 aromatic carbocycles. The molecule has 4 aliphatic heterocycles. The van der Waals surface area contributed by atoms with Crippen molar-refractivity contribution in [1.82, 2.24) is 29.5 Å². The lowest BCUT2D eigenvalue weighted by Gasteiger charge is -2.38. The first-order chi connectivity index (χ1) is 30.4. The molecule has 2 unspecified atom stereocenters. The summed E-state index contributed by atoms with van der Waals surface area (Å²) in [6.07, 6.45) is 3.45. The number of phenolic OH excluding ortho intramolecular Hbond substituents is 2. The van der Waals surface area contributed by atoms with E-state index in [1.54, 1.807) is 29.2 Å². The zero-order valence-electron chi connectivity index (χ0n) is 36.2. The van der Waals surface area contributed by atoms with Gasteiger partial charge in [0, 0.05) is 85.9 Å². The van der Waals surface area contributed by atoms with Crippen LogP contribution in [-0.4, -0.2) is 126 Å². The van der Waals surface area contributed by atoms with E-state index in [0.29, 0.717) is 58.1 Å². The molecule has 14 nitrogen and oxygen atoms in total. The molecule has 0 radical (unpaired) electrons. The Labute approximate surface area is 377 Å². The average molecular weight is 892 g/mol. The van der Waals surface area contributed by atoms with Crippen molar-refractivity contribution in [3.05, 3.63) is 98.4 Å². The van der Waals surface area contributed by atoms with E-state index in [1.165, 1.54) is 16.2 Å². The number of piperidine rings is 1. The Bertz CT molecular complexity index is 2540. The Morgan fingerprint density at radius 1 is 0.905 bits per heavy atom. The van der Waals surface area contributed by atoms with Gasteiger partial charge in [0.1, 0.15) is 46.5 Å². The summed E-state index contributed by atoms with van der Waals surface area (Å²) in [5.74, 6) is 1.44. The van der Waals surface area contributed by atoms with Crippen molar-refractivity contribution in [3.8, 4) is 34.6 Å². The van der Waals surface area contributed by atoms with Crippen LogP contribution >= 0.6 is 22.9 Å². The number of ether oxygens (including phenoxy) is 1. The quantitative estimate of drug-likeness (QED) is 0.0505. The van der Waals surface area contributed by atoms with E-state index in [9.17, 15) is 20.7 Å². The minimum Gasteiger partial charge on any atom is -0.508 e. The molecule has 0 amide bonds. The predicted octanol–water partition coefficient (Wildman–Crippen LogP) is 7.59. The molecule has 330 valence electrons. The van der Waals surface area contributed by atoms with Crippen LogP contribution in [0.5, 0.6) is 17.5 Å². The number of nitrogens with zero attached hydrogens (tertiary/aromatic N) is 8. The molecular weight excluding hydrogens is 836 g/mol. The SMILES string of the molecule is CCc1cc(-c2nnc(O)n2-c2ccc(CN3CCN(CC4CCN(C5OC5C[C@H]5N=C(c6ccc(Cl)cc6)c6c(sc(C)c6C)N(C(C)=N)C5=N)CC4)CC3)cc2)c(O)cc1O. The number of epoxide rings is 1. The number of benzene rings is 3. The van der Waals surface area contributed by atoms with E-state index in [0.717, 1.165) is 97.5 Å². The molecule has 0 saturated carbocycles. The van der Waals surface area contributed by atoms with Crippen LogP contribution < -0.4 is 4.90 Å². The second-order valence-corrected chi connectivity index (χ2v) is 18.9. The molecule has 5 N–H and O–H groups in total. The molecule has 0 bridgehead atoms. The number of halogens is 1. The Hall–Kier alpha value is -5.16. The number of hydrogen-bond acceptors (Lipinski definition) is 13. The summed E-state index contributed by atoms with van der Waals surface area (Å²) in [7, 11) is 0. The molecule has 4 aliphatic rings. The third-order valence-corrected chi connectivity index (χ3v) is 14.6. The number of piperazine rings is 1. The zero-order chi connectivity index (χ0) is 44.1. The Morgan fingerprint density at radius 2 is 1.60 bits per heavy atom. The van der Waals surface area contributed by atoms with E-state index in [4.69, 9.17) is 26.7 Å². The number of hydrogen-bond donors (Lipinski definition) is 5. The monoisotopic (exact) mass is 890 g/mol. The number of aryl methyl sites for hydroxylation is 2. The number of phenols is 2. The first-order valence-corrected chi connectivity index (χ1v) is 23.1. The molecular formula is C47H55ClN10O4S. The number of likely N-dealkylation sites (tertiary alicyclic amines) is 1. The summed E-state index contributed by atoms with van der Waals surface area (Å²) in [4.78, 5) is 15.8. The number of aromatic hydroxyl groups is 3. The van der Waals surface area contributed by atoms with Gasteiger partial charge >= 0.3 is 6.01 Å². The topological polar surface area (TPSA) is 177 Å². The largest absolute Gasteiger partial charge is 0.508 e. The average Bonchev–Trinajstić information content (AvgIpc) is 3.88. The van der Waals surface area contributed by atoms with Crippen LogP contribution in [0, 0.1) is 30.6 Å². The Kier molecular flexibility index (Phi) is 12.2. The lowest BCUT2D eigenvalue weighted by molar-refractivity contribution is 0.0782. The first-order valence-electron chi connectivity index (χ1n) is 21.9. The molecule has 3 fully saturated rings. The number of amidine groups is 2. The van der Waals surface area contributed by atoms with Crippen LogP contribution in [0.4, 0.5) is 5.00 Å². The minimum atomic E-state index is -0.452. The van der Waals surface area contributed by atoms with Gasteiger partial charge in [0.25, 0.3) is 0 Å².